The monoisotopic (exact) mass is 252 g/mol. The summed E-state index contributed by atoms with van der Waals surface area (Å²) in [5.74, 6) is 0.602. The Hall–Kier alpha value is -1.36. The number of nitrogens with zero attached hydrogens (tertiary/aromatic N) is 2. The molecule has 0 spiro atoms. The summed E-state index contributed by atoms with van der Waals surface area (Å²) in [4.78, 5) is 14.0. The van der Waals surface area contributed by atoms with Gasteiger partial charge in [-0.05, 0) is 25.7 Å². The van der Waals surface area contributed by atoms with Crippen LogP contribution in [-0.4, -0.2) is 42.3 Å². The Labute approximate surface area is 107 Å². The van der Waals surface area contributed by atoms with Gasteiger partial charge in [0.1, 0.15) is 6.26 Å². The van der Waals surface area contributed by atoms with Gasteiger partial charge in [0, 0.05) is 25.8 Å². The van der Waals surface area contributed by atoms with Crippen LogP contribution in [0.15, 0.2) is 16.9 Å². The molecule has 1 aromatic rings. The van der Waals surface area contributed by atoms with E-state index in [0.29, 0.717) is 18.0 Å². The van der Waals surface area contributed by atoms with Crippen LogP contribution >= 0.6 is 0 Å². The van der Waals surface area contributed by atoms with E-state index < -0.39 is 0 Å². The Bertz CT molecular complexity index is 364. The fraction of sp³-hybridized carbons (Fsp3) is 0.692. The molecule has 1 aliphatic rings. The van der Waals surface area contributed by atoms with E-state index in [9.17, 15) is 4.79 Å². The molecule has 1 saturated heterocycles. The zero-order valence-corrected chi connectivity index (χ0v) is 10.8. The molecule has 1 aliphatic heterocycles. The van der Waals surface area contributed by atoms with E-state index in [1.54, 1.807) is 6.07 Å². The lowest BCUT2D eigenvalue weighted by atomic mass is 9.98. The first-order valence-corrected chi connectivity index (χ1v) is 6.54. The van der Waals surface area contributed by atoms with Crippen LogP contribution in [-0.2, 0) is 16.0 Å². The van der Waals surface area contributed by atoms with Crippen LogP contribution in [0.25, 0.3) is 0 Å². The van der Waals surface area contributed by atoms with Crippen molar-refractivity contribution in [2.45, 2.75) is 26.2 Å². The zero-order chi connectivity index (χ0) is 12.8. The number of aromatic nitrogens is 1. The molecular weight excluding hydrogens is 232 g/mol. The van der Waals surface area contributed by atoms with Gasteiger partial charge in [-0.3, -0.25) is 4.79 Å². The molecule has 0 N–H and O–H groups in total. The molecule has 1 fully saturated rings. The lowest BCUT2D eigenvalue weighted by Crippen LogP contribution is -2.42. The molecule has 18 heavy (non-hydrogen) atoms. The number of hydrogen-bond donors (Lipinski definition) is 0. The van der Waals surface area contributed by atoms with E-state index in [2.05, 4.69) is 5.16 Å². The minimum absolute atomic E-state index is 0.130. The summed E-state index contributed by atoms with van der Waals surface area (Å²) >= 11 is 0. The summed E-state index contributed by atoms with van der Waals surface area (Å²) in [6.45, 7) is 5.14. The first-order valence-electron chi connectivity index (χ1n) is 6.54. The number of rotatable bonds is 5. The highest BCUT2D eigenvalue weighted by Gasteiger charge is 2.24. The Morgan fingerprint density at radius 1 is 1.67 bits per heavy atom. The number of ether oxygens (including phenoxy) is 1. The van der Waals surface area contributed by atoms with Gasteiger partial charge >= 0.3 is 0 Å². The predicted octanol–water partition coefficient (Wildman–Crippen LogP) is 1.49. The maximum absolute atomic E-state index is 12.1. The summed E-state index contributed by atoms with van der Waals surface area (Å²) in [7, 11) is 0. The Balaban J connectivity index is 1.82. The van der Waals surface area contributed by atoms with E-state index in [1.165, 1.54) is 6.26 Å². The van der Waals surface area contributed by atoms with Gasteiger partial charge in [-0.25, -0.2) is 0 Å². The molecule has 0 radical (unpaired) electrons. The summed E-state index contributed by atoms with van der Waals surface area (Å²) in [5, 5.41) is 3.77. The molecule has 5 nitrogen and oxygen atoms in total. The number of carbonyl (C=O) groups is 1. The molecule has 100 valence electrons. The number of hydrogen-bond acceptors (Lipinski definition) is 4. The predicted molar refractivity (Wildman–Crippen MR) is 66.0 cm³/mol. The second-order valence-electron chi connectivity index (χ2n) is 4.68. The maximum atomic E-state index is 12.1. The number of likely N-dealkylation sites (tertiary alicyclic amines) is 1. The van der Waals surface area contributed by atoms with Gasteiger partial charge in [0.25, 0.3) is 0 Å². The molecule has 5 heteroatoms. The topological polar surface area (TPSA) is 55.6 Å². The first kappa shape index (κ1) is 13.1. The van der Waals surface area contributed by atoms with Crippen molar-refractivity contribution in [1.29, 1.82) is 0 Å². The molecule has 1 amide bonds. The fourth-order valence-corrected chi connectivity index (χ4v) is 2.31. The Kier molecular flexibility index (Phi) is 4.75. The average Bonchev–Trinajstić information content (AvgIpc) is 2.89. The highest BCUT2D eigenvalue weighted by Crippen LogP contribution is 2.17. The second-order valence-corrected chi connectivity index (χ2v) is 4.68. The van der Waals surface area contributed by atoms with Gasteiger partial charge in [-0.1, -0.05) is 5.16 Å². The summed E-state index contributed by atoms with van der Waals surface area (Å²) in [6, 6.07) is 1.74. The van der Waals surface area contributed by atoms with Gasteiger partial charge in [0.2, 0.25) is 5.91 Å². The van der Waals surface area contributed by atoms with E-state index in [-0.39, 0.29) is 5.91 Å². The van der Waals surface area contributed by atoms with E-state index in [0.717, 1.165) is 39.1 Å². The van der Waals surface area contributed by atoms with E-state index in [1.807, 2.05) is 11.8 Å². The second kappa shape index (κ2) is 6.54. The van der Waals surface area contributed by atoms with Gasteiger partial charge in [-0.15, -0.1) is 0 Å². The van der Waals surface area contributed by atoms with E-state index in [4.69, 9.17) is 9.26 Å². The highest BCUT2D eigenvalue weighted by molar-refractivity contribution is 5.78. The van der Waals surface area contributed by atoms with Crippen LogP contribution in [0, 0.1) is 5.92 Å². The van der Waals surface area contributed by atoms with Crippen molar-refractivity contribution in [3.05, 3.63) is 18.0 Å². The molecule has 1 aromatic heterocycles. The van der Waals surface area contributed by atoms with Crippen LogP contribution < -0.4 is 0 Å². The summed E-state index contributed by atoms with van der Waals surface area (Å²) in [6.07, 6.45) is 4.03. The first-order chi connectivity index (χ1) is 8.79. The highest BCUT2D eigenvalue weighted by atomic mass is 16.5. The van der Waals surface area contributed by atoms with Crippen molar-refractivity contribution < 1.29 is 14.1 Å². The Morgan fingerprint density at radius 2 is 2.56 bits per heavy atom. The molecule has 1 unspecified atom stereocenters. The van der Waals surface area contributed by atoms with Crippen molar-refractivity contribution in [1.82, 2.24) is 10.1 Å². The molecule has 0 aromatic carbocycles. The zero-order valence-electron chi connectivity index (χ0n) is 10.8. The molecule has 0 bridgehead atoms. The molecule has 0 aliphatic carbocycles. The summed E-state index contributed by atoms with van der Waals surface area (Å²) < 4.78 is 10.2. The molecular formula is C13H20N2O3. The average molecular weight is 252 g/mol. The Morgan fingerprint density at radius 3 is 3.28 bits per heavy atom. The van der Waals surface area contributed by atoms with Gasteiger partial charge in [0.05, 0.1) is 18.7 Å². The molecule has 2 heterocycles. The fourth-order valence-electron chi connectivity index (χ4n) is 2.31. The normalized spacial score (nSPS) is 20.1. The van der Waals surface area contributed by atoms with Gasteiger partial charge in [0.15, 0.2) is 0 Å². The van der Waals surface area contributed by atoms with Crippen molar-refractivity contribution in [2.24, 2.45) is 5.92 Å². The quantitative estimate of drug-likeness (QED) is 0.796. The van der Waals surface area contributed by atoms with Crippen LogP contribution in [0.5, 0.6) is 0 Å². The lowest BCUT2D eigenvalue weighted by Gasteiger charge is -2.32. The minimum Gasteiger partial charge on any atom is -0.381 e. The van der Waals surface area contributed by atoms with Crippen molar-refractivity contribution >= 4 is 5.91 Å². The largest absolute Gasteiger partial charge is 0.381 e. The maximum Gasteiger partial charge on any atom is 0.228 e. The van der Waals surface area contributed by atoms with Crippen molar-refractivity contribution in [2.75, 3.05) is 26.3 Å². The third kappa shape index (κ3) is 3.57. The summed E-state index contributed by atoms with van der Waals surface area (Å²) in [5.41, 5.74) is 0.701. The third-order valence-corrected chi connectivity index (χ3v) is 3.25. The SMILES string of the molecule is CCOCC1CCCN(C(=O)Cc2ccon2)C1. The van der Waals surface area contributed by atoms with E-state index >= 15 is 0 Å². The minimum atomic E-state index is 0.130. The molecule has 0 saturated carbocycles. The van der Waals surface area contributed by atoms with Crippen molar-refractivity contribution in [3.8, 4) is 0 Å². The number of piperidine rings is 1. The number of amides is 1. The molecule has 1 atom stereocenters. The van der Waals surface area contributed by atoms with Crippen LogP contribution in [0.2, 0.25) is 0 Å². The molecule has 2 rings (SSSR count). The lowest BCUT2D eigenvalue weighted by molar-refractivity contribution is -0.132. The standard InChI is InChI=1S/C13H20N2O3/c1-2-17-10-11-4-3-6-15(9-11)13(16)8-12-5-7-18-14-12/h5,7,11H,2-4,6,8-10H2,1H3. The van der Waals surface area contributed by atoms with Gasteiger partial charge in [-0.2, -0.15) is 0 Å². The smallest absolute Gasteiger partial charge is 0.228 e. The van der Waals surface area contributed by atoms with Crippen LogP contribution in [0.1, 0.15) is 25.5 Å². The third-order valence-electron chi connectivity index (χ3n) is 3.25. The van der Waals surface area contributed by atoms with Crippen LogP contribution in [0.3, 0.4) is 0 Å². The number of carbonyl (C=O) groups excluding carboxylic acids is 1. The van der Waals surface area contributed by atoms with Crippen LogP contribution in [0.4, 0.5) is 0 Å². The van der Waals surface area contributed by atoms with Crippen molar-refractivity contribution in [3.63, 3.8) is 0 Å². The van der Waals surface area contributed by atoms with Gasteiger partial charge < -0.3 is 14.2 Å².